The van der Waals surface area contributed by atoms with Crippen LogP contribution >= 0.6 is 0 Å². The molecule has 25 heavy (non-hydrogen) atoms. The van der Waals surface area contributed by atoms with Crippen LogP contribution < -0.4 is 5.73 Å². The van der Waals surface area contributed by atoms with E-state index in [2.05, 4.69) is 25.0 Å². The smallest absolute Gasteiger partial charge is 0.205 e. The lowest BCUT2D eigenvalue weighted by molar-refractivity contribution is -0.119. The van der Waals surface area contributed by atoms with Crippen LogP contribution in [0.25, 0.3) is 0 Å². The number of aromatic nitrogens is 2. The molecule has 0 amide bonds. The molecule has 1 aliphatic heterocycles. The Balaban J connectivity index is 2.08. The van der Waals surface area contributed by atoms with Crippen LogP contribution in [0, 0.1) is 22.7 Å². The number of hydrogen-bond acceptors (Lipinski definition) is 5. The molecule has 0 aromatic carbocycles. The van der Waals surface area contributed by atoms with Gasteiger partial charge >= 0.3 is 0 Å². The normalized spacial score (nSPS) is 22.7. The van der Waals surface area contributed by atoms with Crippen molar-refractivity contribution in [3.05, 3.63) is 40.7 Å². The number of carbonyl (C=O) groups excluding carboxylic acids is 1. The van der Waals surface area contributed by atoms with E-state index in [1.54, 1.807) is 6.20 Å². The quantitative estimate of drug-likeness (QED) is 0.913. The van der Waals surface area contributed by atoms with E-state index >= 15 is 0 Å². The predicted molar refractivity (Wildman–Crippen MR) is 92.8 cm³/mol. The first kappa shape index (κ1) is 17.3. The molecule has 2 aliphatic rings. The number of allylic oxidation sites excluding steroid dienone is 3. The maximum absolute atomic E-state index is 12.8. The van der Waals surface area contributed by atoms with E-state index in [0.29, 0.717) is 30.1 Å². The standard InChI is InChI=1S/C19H24N4O2/c1-11(2)9-23-10-12(8-22-23)16-13(7-20)18(21)25-15-6-19(3,4)5-14(24)17(15)16/h8,10-11,16H,5-6,9,21H2,1-4H3/t16-/m0/s1. The number of carbonyl (C=O) groups is 1. The fourth-order valence-electron chi connectivity index (χ4n) is 3.62. The van der Waals surface area contributed by atoms with Crippen LogP contribution in [0.15, 0.2) is 35.2 Å². The monoisotopic (exact) mass is 340 g/mol. The molecule has 2 N–H and O–H groups in total. The Bertz CT molecular complexity index is 821. The molecule has 132 valence electrons. The summed E-state index contributed by atoms with van der Waals surface area (Å²) in [5, 5.41) is 14.0. The molecule has 2 heterocycles. The lowest BCUT2D eigenvalue weighted by Crippen LogP contribution is -2.33. The molecule has 1 atom stereocenters. The van der Waals surface area contributed by atoms with Crippen molar-refractivity contribution >= 4 is 5.78 Å². The van der Waals surface area contributed by atoms with Crippen molar-refractivity contribution in [2.75, 3.05) is 0 Å². The summed E-state index contributed by atoms with van der Waals surface area (Å²) >= 11 is 0. The van der Waals surface area contributed by atoms with Gasteiger partial charge < -0.3 is 10.5 Å². The van der Waals surface area contributed by atoms with E-state index in [9.17, 15) is 10.1 Å². The number of rotatable bonds is 3. The molecule has 0 fully saturated rings. The van der Waals surface area contributed by atoms with Gasteiger partial charge in [-0.3, -0.25) is 9.48 Å². The summed E-state index contributed by atoms with van der Waals surface area (Å²) in [5.41, 5.74) is 7.50. The first-order chi connectivity index (χ1) is 11.7. The average Bonchev–Trinajstić information content (AvgIpc) is 2.91. The summed E-state index contributed by atoms with van der Waals surface area (Å²) < 4.78 is 7.53. The number of hydrogen-bond donors (Lipinski definition) is 1. The van der Waals surface area contributed by atoms with Crippen molar-refractivity contribution in [1.29, 1.82) is 5.26 Å². The summed E-state index contributed by atoms with van der Waals surface area (Å²) in [4.78, 5) is 12.8. The van der Waals surface area contributed by atoms with Crippen molar-refractivity contribution < 1.29 is 9.53 Å². The van der Waals surface area contributed by atoms with Gasteiger partial charge in [0.15, 0.2) is 5.78 Å². The zero-order valence-electron chi connectivity index (χ0n) is 15.2. The van der Waals surface area contributed by atoms with Crippen molar-refractivity contribution in [3.8, 4) is 6.07 Å². The first-order valence-electron chi connectivity index (χ1n) is 8.58. The zero-order valence-corrected chi connectivity index (χ0v) is 15.2. The largest absolute Gasteiger partial charge is 0.444 e. The van der Waals surface area contributed by atoms with Gasteiger partial charge in [-0.1, -0.05) is 27.7 Å². The summed E-state index contributed by atoms with van der Waals surface area (Å²) in [6, 6.07) is 2.13. The Labute approximate surface area is 147 Å². The minimum atomic E-state index is -0.488. The molecule has 6 heteroatoms. The second-order valence-electron chi connectivity index (χ2n) is 8.09. The van der Waals surface area contributed by atoms with E-state index in [1.165, 1.54) is 0 Å². The second kappa shape index (κ2) is 6.07. The number of nitriles is 1. The predicted octanol–water partition coefficient (Wildman–Crippen LogP) is 2.99. The average molecular weight is 340 g/mol. The molecule has 0 radical (unpaired) electrons. The topological polar surface area (TPSA) is 93.9 Å². The molecule has 1 aromatic rings. The molecule has 0 saturated heterocycles. The van der Waals surface area contributed by atoms with Gasteiger partial charge in [0, 0.05) is 36.7 Å². The number of nitrogens with two attached hydrogens (primary N) is 1. The fourth-order valence-corrected chi connectivity index (χ4v) is 3.62. The number of Topliss-reactive ketones (excluding diaryl/α,β-unsaturated/α-hetero) is 1. The van der Waals surface area contributed by atoms with Crippen molar-refractivity contribution in [3.63, 3.8) is 0 Å². The van der Waals surface area contributed by atoms with E-state index in [1.807, 2.05) is 24.7 Å². The minimum Gasteiger partial charge on any atom is -0.444 e. The molecular formula is C19H24N4O2. The van der Waals surface area contributed by atoms with Gasteiger partial charge in [-0.05, 0) is 11.3 Å². The van der Waals surface area contributed by atoms with Gasteiger partial charge in [0.05, 0.1) is 12.1 Å². The lowest BCUT2D eigenvalue weighted by atomic mass is 9.70. The fraction of sp³-hybridized carbons (Fsp3) is 0.526. The second-order valence-corrected chi connectivity index (χ2v) is 8.09. The minimum absolute atomic E-state index is 0.0214. The van der Waals surface area contributed by atoms with Crippen LogP contribution in [-0.2, 0) is 16.1 Å². The molecular weight excluding hydrogens is 316 g/mol. The first-order valence-corrected chi connectivity index (χ1v) is 8.58. The third kappa shape index (κ3) is 3.19. The Kier molecular flexibility index (Phi) is 4.19. The van der Waals surface area contributed by atoms with E-state index in [4.69, 9.17) is 10.5 Å². The van der Waals surface area contributed by atoms with Crippen LogP contribution in [-0.4, -0.2) is 15.6 Å². The summed E-state index contributed by atoms with van der Waals surface area (Å²) in [6.45, 7) is 9.07. The maximum Gasteiger partial charge on any atom is 0.205 e. The van der Waals surface area contributed by atoms with Gasteiger partial charge in [-0.2, -0.15) is 10.4 Å². The van der Waals surface area contributed by atoms with Crippen molar-refractivity contribution in [1.82, 2.24) is 9.78 Å². The number of nitrogens with zero attached hydrogens (tertiary/aromatic N) is 3. The SMILES string of the molecule is CC(C)Cn1cc([C@H]2C(C#N)=C(N)OC3=C2C(=O)CC(C)(C)C3)cn1. The molecule has 1 aliphatic carbocycles. The maximum atomic E-state index is 12.8. The highest BCUT2D eigenvalue weighted by Crippen LogP contribution is 2.47. The molecule has 1 aromatic heterocycles. The highest BCUT2D eigenvalue weighted by Gasteiger charge is 2.43. The van der Waals surface area contributed by atoms with E-state index in [-0.39, 0.29) is 22.7 Å². The zero-order chi connectivity index (χ0) is 18.4. The van der Waals surface area contributed by atoms with Gasteiger partial charge in [0.25, 0.3) is 0 Å². The van der Waals surface area contributed by atoms with Crippen LogP contribution in [0.1, 0.15) is 52.0 Å². The summed E-state index contributed by atoms with van der Waals surface area (Å²) in [5.74, 6) is 0.671. The molecule has 0 spiro atoms. The van der Waals surface area contributed by atoms with Gasteiger partial charge in [0.1, 0.15) is 17.4 Å². The Morgan fingerprint density at radius 3 is 2.84 bits per heavy atom. The van der Waals surface area contributed by atoms with Crippen LogP contribution in [0.4, 0.5) is 0 Å². The highest BCUT2D eigenvalue weighted by molar-refractivity contribution is 6.00. The van der Waals surface area contributed by atoms with Gasteiger partial charge in [0.2, 0.25) is 5.88 Å². The van der Waals surface area contributed by atoms with Gasteiger partial charge in [-0.25, -0.2) is 0 Å². The molecule has 6 nitrogen and oxygen atoms in total. The van der Waals surface area contributed by atoms with Crippen LogP contribution in [0.2, 0.25) is 0 Å². The van der Waals surface area contributed by atoms with Crippen molar-refractivity contribution in [2.24, 2.45) is 17.1 Å². The molecule has 0 bridgehead atoms. The van der Waals surface area contributed by atoms with E-state index < -0.39 is 5.92 Å². The highest BCUT2D eigenvalue weighted by atomic mass is 16.5. The number of ether oxygens (including phenoxy) is 1. The van der Waals surface area contributed by atoms with Crippen LogP contribution in [0.3, 0.4) is 0 Å². The summed E-state index contributed by atoms with van der Waals surface area (Å²) in [6.07, 6.45) is 4.69. The molecule has 0 saturated carbocycles. The van der Waals surface area contributed by atoms with Crippen molar-refractivity contribution in [2.45, 2.75) is 53.0 Å². The third-order valence-electron chi connectivity index (χ3n) is 4.61. The Hall–Kier alpha value is -2.55. The number of ketones is 1. The molecule has 0 unspecified atom stereocenters. The summed E-state index contributed by atoms with van der Waals surface area (Å²) in [7, 11) is 0. The third-order valence-corrected chi connectivity index (χ3v) is 4.61. The Morgan fingerprint density at radius 1 is 1.48 bits per heavy atom. The van der Waals surface area contributed by atoms with Gasteiger partial charge in [-0.15, -0.1) is 0 Å². The van der Waals surface area contributed by atoms with E-state index in [0.717, 1.165) is 12.1 Å². The lowest BCUT2D eigenvalue weighted by Gasteiger charge is -2.36. The Morgan fingerprint density at radius 2 is 2.20 bits per heavy atom. The molecule has 3 rings (SSSR count). The van der Waals surface area contributed by atoms with Crippen LogP contribution in [0.5, 0.6) is 0 Å².